The van der Waals surface area contributed by atoms with Crippen LogP contribution in [-0.2, 0) is 11.2 Å². The Balaban J connectivity index is 1.33. The quantitative estimate of drug-likeness (QED) is 0.499. The molecule has 30 heavy (non-hydrogen) atoms. The van der Waals surface area contributed by atoms with Gasteiger partial charge in [0.25, 0.3) is 0 Å². The number of anilines is 1. The Kier molecular flexibility index (Phi) is 5.99. The summed E-state index contributed by atoms with van der Waals surface area (Å²) >= 11 is 5.92. The van der Waals surface area contributed by atoms with Crippen molar-refractivity contribution in [3.8, 4) is 11.5 Å². The largest absolute Gasteiger partial charge is 0.456 e. The number of amides is 1. The molecule has 8 heteroatoms. The molecule has 1 aliphatic rings. The van der Waals surface area contributed by atoms with Crippen LogP contribution in [0.4, 0.5) is 5.69 Å². The maximum absolute atomic E-state index is 12.3. The predicted octanol–water partition coefficient (Wildman–Crippen LogP) is 4.08. The smallest absolute Gasteiger partial charge is 0.224 e. The summed E-state index contributed by atoms with van der Waals surface area (Å²) in [6, 6.07) is 11.5. The van der Waals surface area contributed by atoms with Gasteiger partial charge in [-0.2, -0.15) is 0 Å². The minimum Gasteiger partial charge on any atom is -0.456 e. The molecule has 1 aromatic carbocycles. The summed E-state index contributed by atoms with van der Waals surface area (Å²) in [6.07, 6.45) is 4.31. The SMILES string of the molecule is Cc1cc(NC(=O)CCc2cccc(Oc3c[nH]c(C4=NCCN4)c3)c2)cnc1Cl. The van der Waals surface area contributed by atoms with Crippen LogP contribution in [0.1, 0.15) is 23.2 Å². The molecule has 2 aromatic heterocycles. The number of aryl methyl sites for hydroxylation is 2. The zero-order chi connectivity index (χ0) is 20.9. The van der Waals surface area contributed by atoms with Crippen molar-refractivity contribution in [1.29, 1.82) is 0 Å². The summed E-state index contributed by atoms with van der Waals surface area (Å²) < 4.78 is 5.95. The van der Waals surface area contributed by atoms with Gasteiger partial charge in [0.05, 0.1) is 24.1 Å². The van der Waals surface area contributed by atoms with E-state index < -0.39 is 0 Å². The Morgan fingerprint density at radius 1 is 1.27 bits per heavy atom. The third-order valence-electron chi connectivity index (χ3n) is 4.66. The van der Waals surface area contributed by atoms with E-state index in [-0.39, 0.29) is 5.91 Å². The third-order valence-corrected chi connectivity index (χ3v) is 5.05. The van der Waals surface area contributed by atoms with Crippen LogP contribution >= 0.6 is 11.6 Å². The topological polar surface area (TPSA) is 91.4 Å². The van der Waals surface area contributed by atoms with Crippen molar-refractivity contribution in [3.63, 3.8) is 0 Å². The molecule has 0 atom stereocenters. The second-order valence-electron chi connectivity index (χ2n) is 7.04. The number of carbonyl (C=O) groups excluding carboxylic acids is 1. The number of carbonyl (C=O) groups is 1. The Labute approximate surface area is 179 Å². The van der Waals surface area contributed by atoms with Crippen LogP contribution in [0.3, 0.4) is 0 Å². The van der Waals surface area contributed by atoms with Gasteiger partial charge in [-0.1, -0.05) is 23.7 Å². The Morgan fingerprint density at radius 3 is 2.97 bits per heavy atom. The van der Waals surface area contributed by atoms with Crippen molar-refractivity contribution in [3.05, 3.63) is 70.8 Å². The van der Waals surface area contributed by atoms with Crippen molar-refractivity contribution in [2.75, 3.05) is 18.4 Å². The van der Waals surface area contributed by atoms with E-state index in [1.54, 1.807) is 18.5 Å². The number of benzene rings is 1. The summed E-state index contributed by atoms with van der Waals surface area (Å²) in [4.78, 5) is 23.9. The number of aliphatic imine (C=N–C) groups is 1. The molecule has 7 nitrogen and oxygen atoms in total. The number of ether oxygens (including phenoxy) is 1. The summed E-state index contributed by atoms with van der Waals surface area (Å²) in [5.74, 6) is 2.21. The highest BCUT2D eigenvalue weighted by molar-refractivity contribution is 6.30. The van der Waals surface area contributed by atoms with Crippen LogP contribution in [-0.4, -0.2) is 34.8 Å². The fourth-order valence-corrected chi connectivity index (χ4v) is 3.26. The lowest BCUT2D eigenvalue weighted by atomic mass is 10.1. The lowest BCUT2D eigenvalue weighted by molar-refractivity contribution is -0.116. The number of aromatic nitrogens is 2. The fourth-order valence-electron chi connectivity index (χ4n) is 3.16. The minimum atomic E-state index is -0.0787. The third kappa shape index (κ3) is 4.99. The molecule has 154 valence electrons. The highest BCUT2D eigenvalue weighted by Crippen LogP contribution is 2.24. The normalized spacial score (nSPS) is 12.9. The molecule has 3 heterocycles. The van der Waals surface area contributed by atoms with Crippen LogP contribution < -0.4 is 15.4 Å². The highest BCUT2D eigenvalue weighted by Gasteiger charge is 2.11. The van der Waals surface area contributed by atoms with Crippen molar-refractivity contribution in [1.82, 2.24) is 15.3 Å². The number of H-pyrrole nitrogens is 1. The number of hydrogen-bond donors (Lipinski definition) is 3. The number of aromatic amines is 1. The molecular formula is C22H22ClN5O2. The minimum absolute atomic E-state index is 0.0787. The first-order chi connectivity index (χ1) is 14.6. The average Bonchev–Trinajstić information content (AvgIpc) is 3.41. The van der Waals surface area contributed by atoms with Crippen LogP contribution in [0.2, 0.25) is 5.15 Å². The van der Waals surface area contributed by atoms with E-state index in [1.807, 2.05) is 37.3 Å². The van der Waals surface area contributed by atoms with Gasteiger partial charge in [-0.05, 0) is 42.7 Å². The highest BCUT2D eigenvalue weighted by atomic mass is 35.5. The van der Waals surface area contributed by atoms with Gasteiger partial charge in [0.1, 0.15) is 22.5 Å². The van der Waals surface area contributed by atoms with E-state index in [9.17, 15) is 4.79 Å². The maximum atomic E-state index is 12.3. The molecule has 0 aliphatic carbocycles. The Hall–Kier alpha value is -3.32. The van der Waals surface area contributed by atoms with E-state index in [2.05, 4.69) is 25.6 Å². The van der Waals surface area contributed by atoms with Gasteiger partial charge in [-0.3, -0.25) is 9.79 Å². The van der Waals surface area contributed by atoms with Crippen LogP contribution in [0, 0.1) is 6.92 Å². The number of pyridine rings is 1. The summed E-state index contributed by atoms with van der Waals surface area (Å²) in [7, 11) is 0. The van der Waals surface area contributed by atoms with Crippen molar-refractivity contribution in [2.24, 2.45) is 4.99 Å². The van der Waals surface area contributed by atoms with Crippen molar-refractivity contribution < 1.29 is 9.53 Å². The number of amidine groups is 1. The molecule has 3 N–H and O–H groups in total. The number of hydrogen-bond acceptors (Lipinski definition) is 5. The molecule has 1 aliphatic heterocycles. The van der Waals surface area contributed by atoms with Gasteiger partial charge in [0, 0.05) is 25.2 Å². The molecule has 4 rings (SSSR count). The van der Waals surface area contributed by atoms with E-state index in [0.717, 1.165) is 41.5 Å². The molecule has 1 amide bonds. The first kappa shape index (κ1) is 20.0. The van der Waals surface area contributed by atoms with E-state index in [1.165, 1.54) is 0 Å². The van der Waals surface area contributed by atoms with Crippen molar-refractivity contribution in [2.45, 2.75) is 19.8 Å². The molecule has 0 bridgehead atoms. The first-order valence-corrected chi connectivity index (χ1v) is 10.1. The van der Waals surface area contributed by atoms with E-state index >= 15 is 0 Å². The van der Waals surface area contributed by atoms with Crippen LogP contribution in [0.5, 0.6) is 11.5 Å². The monoisotopic (exact) mass is 423 g/mol. The van der Waals surface area contributed by atoms with Gasteiger partial charge < -0.3 is 20.4 Å². The van der Waals surface area contributed by atoms with E-state index in [0.29, 0.717) is 29.4 Å². The second kappa shape index (κ2) is 9.00. The zero-order valence-electron chi connectivity index (χ0n) is 16.5. The number of nitrogens with zero attached hydrogens (tertiary/aromatic N) is 2. The predicted molar refractivity (Wildman–Crippen MR) is 118 cm³/mol. The van der Waals surface area contributed by atoms with Gasteiger partial charge in [-0.25, -0.2) is 4.98 Å². The fraction of sp³-hybridized carbons (Fsp3) is 0.227. The number of halogens is 1. The van der Waals surface area contributed by atoms with Crippen molar-refractivity contribution >= 4 is 29.0 Å². The van der Waals surface area contributed by atoms with Gasteiger partial charge in [0.2, 0.25) is 5.91 Å². The standard InChI is InChI=1S/C22H22ClN5O2/c1-14-9-16(12-27-21(14)23)28-20(29)6-5-15-3-2-4-17(10-15)30-18-11-19(26-13-18)22-24-7-8-25-22/h2-4,9-13,26H,5-8H2,1H3,(H,24,25)(H,28,29). The zero-order valence-corrected chi connectivity index (χ0v) is 17.3. The summed E-state index contributed by atoms with van der Waals surface area (Å²) in [5, 5.41) is 6.51. The molecule has 3 aromatic rings. The molecule has 0 fully saturated rings. The summed E-state index contributed by atoms with van der Waals surface area (Å²) in [6.45, 7) is 3.49. The molecule has 0 saturated carbocycles. The Bertz CT molecular complexity index is 1090. The second-order valence-corrected chi connectivity index (χ2v) is 7.39. The number of nitrogens with one attached hydrogen (secondary N) is 3. The Morgan fingerprint density at radius 2 is 2.17 bits per heavy atom. The maximum Gasteiger partial charge on any atom is 0.224 e. The van der Waals surface area contributed by atoms with Gasteiger partial charge in [0.15, 0.2) is 0 Å². The molecule has 0 radical (unpaired) electrons. The van der Waals surface area contributed by atoms with Gasteiger partial charge >= 0.3 is 0 Å². The molecule has 0 spiro atoms. The first-order valence-electron chi connectivity index (χ1n) is 9.73. The van der Waals surface area contributed by atoms with E-state index in [4.69, 9.17) is 16.3 Å². The average molecular weight is 424 g/mol. The molecule has 0 unspecified atom stereocenters. The van der Waals surface area contributed by atoms with Crippen LogP contribution in [0.15, 0.2) is 53.8 Å². The lowest BCUT2D eigenvalue weighted by Gasteiger charge is -2.08. The molecular weight excluding hydrogens is 402 g/mol. The molecule has 0 saturated heterocycles. The number of rotatable bonds is 7. The van der Waals surface area contributed by atoms with Gasteiger partial charge in [-0.15, -0.1) is 0 Å². The lowest BCUT2D eigenvalue weighted by Crippen LogP contribution is -2.19. The summed E-state index contributed by atoms with van der Waals surface area (Å²) in [5.41, 5.74) is 3.39. The van der Waals surface area contributed by atoms with Crippen LogP contribution in [0.25, 0.3) is 0 Å².